The number of halogens is 1. The molecule has 0 aliphatic carbocycles. The third kappa shape index (κ3) is 5.02. The molecule has 2 atom stereocenters. The minimum atomic E-state index is -1.47. The van der Waals surface area contributed by atoms with Gasteiger partial charge in [-0.3, -0.25) is 14.5 Å². The zero-order valence-electron chi connectivity index (χ0n) is 20.4. The molecule has 0 spiro atoms. The van der Waals surface area contributed by atoms with Crippen LogP contribution in [0, 0.1) is 0 Å². The molecule has 1 fully saturated rings. The first-order valence-electron chi connectivity index (χ1n) is 11.5. The molecular formula is C23H22FN7O5S3. The molecule has 39 heavy (non-hydrogen) atoms. The van der Waals surface area contributed by atoms with Crippen LogP contribution in [0.1, 0.15) is 5.69 Å². The Morgan fingerprint density at radius 3 is 2.90 bits per heavy atom. The number of thioether (sulfide) groups is 1. The van der Waals surface area contributed by atoms with Crippen molar-refractivity contribution < 1.29 is 33.3 Å². The molecule has 3 aromatic rings. The number of amides is 2. The lowest BCUT2D eigenvalue weighted by atomic mass is 10.0. The maximum atomic E-state index is 13.1. The highest BCUT2D eigenvalue weighted by atomic mass is 32.2. The first-order valence-corrected chi connectivity index (χ1v) is 14.4. The summed E-state index contributed by atoms with van der Waals surface area (Å²) in [6, 6.07) is 2.74. The molecule has 4 N–H and O–H groups in total. The number of carboxylic acid groups (broad SMARTS) is 1. The zero-order valence-corrected chi connectivity index (χ0v) is 22.8. The summed E-state index contributed by atoms with van der Waals surface area (Å²) in [5.74, 6) is -2.46. The summed E-state index contributed by atoms with van der Waals surface area (Å²) < 4.78 is 14.5. The number of hydrogen-bond acceptors (Lipinski definition) is 12. The van der Waals surface area contributed by atoms with Gasteiger partial charge in [-0.1, -0.05) is 16.5 Å². The van der Waals surface area contributed by atoms with Gasteiger partial charge in [0.25, 0.3) is 16.6 Å². The van der Waals surface area contributed by atoms with Crippen molar-refractivity contribution in [2.45, 2.75) is 18.0 Å². The fourth-order valence-corrected chi connectivity index (χ4v) is 7.28. The van der Waals surface area contributed by atoms with Crippen LogP contribution in [0.15, 0.2) is 45.5 Å². The Morgan fingerprint density at radius 1 is 1.38 bits per heavy atom. The predicted molar refractivity (Wildman–Crippen MR) is 144 cm³/mol. The number of carbonyl (C=O) groups excluding carboxylic acids is 3. The Hall–Kier alpha value is -3.76. The van der Waals surface area contributed by atoms with E-state index in [9.17, 15) is 23.9 Å². The van der Waals surface area contributed by atoms with Crippen molar-refractivity contribution in [2.24, 2.45) is 5.16 Å². The van der Waals surface area contributed by atoms with Gasteiger partial charge in [-0.25, -0.2) is 9.37 Å². The Labute approximate surface area is 233 Å². The molecule has 5 rings (SSSR count). The van der Waals surface area contributed by atoms with Crippen molar-refractivity contribution in [3.63, 3.8) is 0 Å². The van der Waals surface area contributed by atoms with Crippen LogP contribution >= 0.6 is 34.4 Å². The van der Waals surface area contributed by atoms with E-state index in [1.54, 1.807) is 0 Å². The smallest absolute Gasteiger partial charge is 0.276 e. The molecule has 2 aliphatic heterocycles. The van der Waals surface area contributed by atoms with E-state index >= 15 is 0 Å². The summed E-state index contributed by atoms with van der Waals surface area (Å²) in [6.07, 6.45) is 1.82. The van der Waals surface area contributed by atoms with E-state index in [0.717, 1.165) is 32.1 Å². The summed E-state index contributed by atoms with van der Waals surface area (Å²) in [5, 5.41) is 25.5. The number of carbonyl (C=O) groups is 3. The molecule has 2 aliphatic rings. The van der Waals surface area contributed by atoms with Gasteiger partial charge in [0.1, 0.15) is 30.9 Å². The van der Waals surface area contributed by atoms with Crippen molar-refractivity contribution in [1.29, 1.82) is 0 Å². The first-order chi connectivity index (χ1) is 18.8. The van der Waals surface area contributed by atoms with Gasteiger partial charge in [-0.15, -0.1) is 23.1 Å². The number of β-lactam (4-membered cyclic amide) rings is 1. The number of aliphatic carboxylic acids is 1. The van der Waals surface area contributed by atoms with Gasteiger partial charge < -0.3 is 31.1 Å². The quantitative estimate of drug-likeness (QED) is 0.128. The second-order valence-corrected chi connectivity index (χ2v) is 11.3. The number of anilines is 2. The number of pyridine rings is 1. The Balaban J connectivity index is 1.37. The number of alkyl halides is 1. The largest absolute Gasteiger partial charge is 0.543 e. The number of carboxylic acids is 1. The number of aromatic nitrogens is 2. The predicted octanol–water partition coefficient (Wildman–Crippen LogP) is 0.0635. The molecule has 5 heterocycles. The van der Waals surface area contributed by atoms with Gasteiger partial charge >= 0.3 is 0 Å². The van der Waals surface area contributed by atoms with Gasteiger partial charge in [-0.05, 0) is 6.07 Å². The van der Waals surface area contributed by atoms with Crippen molar-refractivity contribution in [1.82, 2.24) is 15.2 Å². The van der Waals surface area contributed by atoms with Crippen LogP contribution in [0.5, 0.6) is 0 Å². The number of rotatable bonds is 10. The number of oxime groups is 1. The van der Waals surface area contributed by atoms with E-state index in [2.05, 4.69) is 20.8 Å². The molecule has 0 aromatic carbocycles. The van der Waals surface area contributed by atoms with Crippen molar-refractivity contribution >= 4 is 79.0 Å². The van der Waals surface area contributed by atoms with E-state index in [4.69, 9.17) is 10.6 Å². The first kappa shape index (κ1) is 26.8. The number of nitrogens with zero attached hydrogens (tertiary/aromatic N) is 4. The molecule has 0 saturated carbocycles. The number of hydrogen-bond donors (Lipinski definition) is 3. The summed E-state index contributed by atoms with van der Waals surface area (Å²) in [5.41, 5.74) is 6.78. The van der Waals surface area contributed by atoms with Gasteiger partial charge in [0.15, 0.2) is 23.6 Å². The molecule has 204 valence electrons. The highest BCUT2D eigenvalue weighted by Crippen LogP contribution is 2.40. The average Bonchev–Trinajstić information content (AvgIpc) is 3.55. The lowest BCUT2D eigenvalue weighted by Crippen LogP contribution is -2.71. The Kier molecular flexibility index (Phi) is 7.67. The summed E-state index contributed by atoms with van der Waals surface area (Å²) >= 11 is 3.89. The van der Waals surface area contributed by atoms with Crippen molar-refractivity contribution in [2.75, 3.05) is 37.1 Å². The van der Waals surface area contributed by atoms with Crippen LogP contribution in [-0.4, -0.2) is 70.9 Å². The van der Waals surface area contributed by atoms with Crippen LogP contribution in [0.25, 0.3) is 10.2 Å². The third-order valence-electron chi connectivity index (χ3n) is 6.06. The van der Waals surface area contributed by atoms with E-state index < -0.39 is 35.9 Å². The fourth-order valence-electron chi connectivity index (χ4n) is 4.40. The average molecular weight is 592 g/mol. The molecule has 1 unspecified atom stereocenters. The molecule has 2 amide bonds. The minimum Gasteiger partial charge on any atom is -0.543 e. The van der Waals surface area contributed by atoms with E-state index in [1.165, 1.54) is 35.6 Å². The minimum absolute atomic E-state index is 0.158. The molecular weight excluding hydrogens is 569 g/mol. The lowest BCUT2D eigenvalue weighted by Gasteiger charge is -2.50. The molecule has 0 radical (unpaired) electrons. The van der Waals surface area contributed by atoms with Crippen LogP contribution < -0.4 is 26.0 Å². The van der Waals surface area contributed by atoms with Crippen molar-refractivity contribution in [3.05, 3.63) is 46.1 Å². The highest BCUT2D eigenvalue weighted by Gasteiger charge is 2.53. The van der Waals surface area contributed by atoms with Gasteiger partial charge in [-0.2, -0.15) is 4.57 Å². The number of nitrogens with one attached hydrogen (secondary N) is 2. The topological polar surface area (TPSA) is 166 Å². The number of nitrogens with two attached hydrogens (primary N) is 1. The standard InChI is InChI=1S/C23H22FN7O5S3/c1-36-29-15(14-10-39-23(25)27-14)18(32)28-16-19(33)31-17(22(34)35)11(8-37-21(16)31)7-30-6-2-3-12-13(26-5-4-24)9-38-20(12)30/h2-3,6,9-10,16,21,26H,4-5,7-8H2,1H3,(H3-,25,27,28,32,34,35)/b29-15-/t16?,21-/m1/s1. The molecule has 3 aromatic heterocycles. The fraction of sp³-hybridized carbons (Fsp3) is 0.304. The third-order valence-corrected chi connectivity index (χ3v) is 9.10. The van der Waals surface area contributed by atoms with Crippen LogP contribution in [-0.2, 0) is 25.8 Å². The SMILES string of the molecule is CO/N=C(\C(=O)NC1C(=O)N2C(C(=O)[O-])=C(C[n+]3cccc4c(NCCF)csc43)CS[C@H]12)c1csc(N)n1. The number of fused-ring (bicyclic) bond motifs is 2. The second kappa shape index (κ2) is 11.2. The Morgan fingerprint density at radius 2 is 2.21 bits per heavy atom. The van der Waals surface area contributed by atoms with Gasteiger partial charge in [0, 0.05) is 34.7 Å². The number of nitrogen functional groups attached to an aromatic ring is 1. The number of thiophene rings is 1. The van der Waals surface area contributed by atoms with Crippen LogP contribution in [0.4, 0.5) is 15.2 Å². The van der Waals surface area contributed by atoms with E-state index in [-0.39, 0.29) is 35.3 Å². The maximum absolute atomic E-state index is 13.1. The van der Waals surface area contributed by atoms with Crippen LogP contribution in [0.2, 0.25) is 0 Å². The van der Waals surface area contributed by atoms with Gasteiger partial charge in [0.2, 0.25) is 0 Å². The summed E-state index contributed by atoms with van der Waals surface area (Å²) in [4.78, 5) is 49.1. The van der Waals surface area contributed by atoms with Crippen molar-refractivity contribution in [3.8, 4) is 0 Å². The molecule has 12 nitrogen and oxygen atoms in total. The molecule has 1 saturated heterocycles. The summed E-state index contributed by atoms with van der Waals surface area (Å²) in [6.45, 7) is -0.111. The highest BCUT2D eigenvalue weighted by molar-refractivity contribution is 8.00. The molecule has 16 heteroatoms. The van der Waals surface area contributed by atoms with E-state index in [1.807, 2.05) is 28.3 Å². The summed E-state index contributed by atoms with van der Waals surface area (Å²) in [7, 11) is 1.27. The maximum Gasteiger partial charge on any atom is 0.276 e. The number of thiazole rings is 1. The molecule has 0 bridgehead atoms. The lowest BCUT2D eigenvalue weighted by molar-refractivity contribution is -0.661. The van der Waals surface area contributed by atoms with Crippen LogP contribution in [0.3, 0.4) is 0 Å². The van der Waals surface area contributed by atoms with E-state index in [0.29, 0.717) is 11.3 Å². The Bertz CT molecular complexity index is 1520. The normalized spacial score (nSPS) is 19.1. The second-order valence-electron chi connectivity index (χ2n) is 8.41. The monoisotopic (exact) mass is 591 g/mol. The zero-order chi connectivity index (χ0) is 27.7. The van der Waals surface area contributed by atoms with Gasteiger partial charge in [0.05, 0.1) is 22.7 Å².